The smallest absolute Gasteiger partial charge is 0.0351 e. The highest BCUT2D eigenvalue weighted by Crippen LogP contribution is 2.31. The van der Waals surface area contributed by atoms with Gasteiger partial charge in [0.15, 0.2) is 0 Å². The van der Waals surface area contributed by atoms with Gasteiger partial charge in [-0.2, -0.15) is 0 Å². The van der Waals surface area contributed by atoms with Crippen molar-refractivity contribution in [3.8, 4) is 0 Å². The third-order valence-corrected chi connectivity index (χ3v) is 6.54. The minimum atomic E-state index is 1.21. The molecule has 0 radical (unpaired) electrons. The Hall–Kier alpha value is -3.16. The Kier molecular flexibility index (Phi) is 6.34. The summed E-state index contributed by atoms with van der Waals surface area (Å²) < 4.78 is 0. The van der Waals surface area contributed by atoms with E-state index in [4.69, 9.17) is 0 Å². The van der Waals surface area contributed by atoms with E-state index in [0.29, 0.717) is 0 Å². The Morgan fingerprint density at radius 2 is 1.10 bits per heavy atom. The van der Waals surface area contributed by atoms with Gasteiger partial charge in [-0.25, -0.2) is 0 Å². The molecule has 0 nitrogen and oxygen atoms in total. The molecule has 0 bridgehead atoms. The van der Waals surface area contributed by atoms with Gasteiger partial charge < -0.3 is 0 Å². The highest BCUT2D eigenvalue weighted by atomic mass is 32.1. The molecule has 0 N–H and O–H groups in total. The summed E-state index contributed by atoms with van der Waals surface area (Å²) in [7, 11) is 0. The molecule has 0 aliphatic carbocycles. The second kappa shape index (κ2) is 9.32. The van der Waals surface area contributed by atoms with Crippen molar-refractivity contribution in [2.24, 2.45) is 0 Å². The zero-order chi connectivity index (χ0) is 21.8. The summed E-state index contributed by atoms with van der Waals surface area (Å²) in [6.45, 7) is 8.59. The van der Waals surface area contributed by atoms with Gasteiger partial charge in [0.2, 0.25) is 0 Å². The third-order valence-electron chi connectivity index (χ3n) is 5.51. The van der Waals surface area contributed by atoms with Gasteiger partial charge in [-0.15, -0.1) is 11.3 Å². The van der Waals surface area contributed by atoms with Crippen LogP contribution in [0.2, 0.25) is 0 Å². The van der Waals surface area contributed by atoms with Crippen molar-refractivity contribution in [2.75, 3.05) is 0 Å². The van der Waals surface area contributed by atoms with Gasteiger partial charge in [-0.05, 0) is 79.3 Å². The van der Waals surface area contributed by atoms with Gasteiger partial charge in [-0.1, -0.05) is 90.0 Å². The van der Waals surface area contributed by atoms with E-state index < -0.39 is 0 Å². The molecule has 31 heavy (non-hydrogen) atoms. The molecule has 1 heteroatoms. The monoisotopic (exact) mass is 420 g/mol. The molecule has 0 unspecified atom stereocenters. The van der Waals surface area contributed by atoms with Crippen molar-refractivity contribution in [1.29, 1.82) is 0 Å². The molecule has 1 heterocycles. The van der Waals surface area contributed by atoms with Crippen molar-refractivity contribution in [3.63, 3.8) is 0 Å². The Bertz CT molecular complexity index is 1220. The van der Waals surface area contributed by atoms with Crippen molar-refractivity contribution < 1.29 is 0 Å². The predicted molar refractivity (Wildman–Crippen MR) is 138 cm³/mol. The number of thiophene rings is 1. The second-order valence-electron chi connectivity index (χ2n) is 8.19. The molecule has 4 rings (SSSR count). The minimum absolute atomic E-state index is 1.21. The van der Waals surface area contributed by atoms with E-state index in [1.54, 1.807) is 0 Å². The molecule has 0 spiro atoms. The van der Waals surface area contributed by atoms with Gasteiger partial charge >= 0.3 is 0 Å². The van der Waals surface area contributed by atoms with Crippen LogP contribution in [-0.2, 0) is 0 Å². The van der Waals surface area contributed by atoms with E-state index >= 15 is 0 Å². The van der Waals surface area contributed by atoms with E-state index in [0.717, 1.165) is 0 Å². The quantitative estimate of drug-likeness (QED) is 0.283. The molecule has 0 amide bonds. The first-order chi connectivity index (χ1) is 15.0. The van der Waals surface area contributed by atoms with Crippen LogP contribution in [0.5, 0.6) is 0 Å². The summed E-state index contributed by atoms with van der Waals surface area (Å²) in [6.07, 6.45) is 4.55. The number of allylic oxidation sites excluding steroid dienone is 1. The summed E-state index contributed by atoms with van der Waals surface area (Å²) in [5, 5.41) is 0. The van der Waals surface area contributed by atoms with Crippen molar-refractivity contribution in [2.45, 2.75) is 27.7 Å². The Morgan fingerprint density at radius 1 is 0.581 bits per heavy atom. The maximum Gasteiger partial charge on any atom is 0.0351 e. The zero-order valence-electron chi connectivity index (χ0n) is 18.6. The Morgan fingerprint density at radius 3 is 1.61 bits per heavy atom. The fourth-order valence-electron chi connectivity index (χ4n) is 3.61. The topological polar surface area (TPSA) is 0 Å². The molecule has 0 aliphatic heterocycles. The van der Waals surface area contributed by atoms with Crippen LogP contribution in [0.4, 0.5) is 0 Å². The summed E-state index contributed by atoms with van der Waals surface area (Å²) in [5.41, 5.74) is 10.1. The van der Waals surface area contributed by atoms with Crippen molar-refractivity contribution >= 4 is 34.6 Å². The second-order valence-corrected chi connectivity index (χ2v) is 9.48. The molecular formula is C30H28S. The molecule has 0 saturated heterocycles. The number of benzene rings is 3. The molecule has 3 aromatic carbocycles. The van der Waals surface area contributed by atoms with Crippen LogP contribution in [0.1, 0.15) is 50.1 Å². The average Bonchev–Trinajstić information content (AvgIpc) is 3.20. The molecule has 1 aromatic heterocycles. The van der Waals surface area contributed by atoms with E-state index in [9.17, 15) is 0 Å². The lowest BCUT2D eigenvalue weighted by atomic mass is 9.99. The van der Waals surface area contributed by atoms with Crippen LogP contribution in [0.15, 0.2) is 84.9 Å². The number of aryl methyl sites for hydroxylation is 3. The van der Waals surface area contributed by atoms with Crippen LogP contribution in [-0.4, -0.2) is 0 Å². The fourth-order valence-corrected chi connectivity index (χ4v) is 4.52. The highest BCUT2D eigenvalue weighted by Gasteiger charge is 2.08. The van der Waals surface area contributed by atoms with Crippen molar-refractivity contribution in [3.05, 3.63) is 128 Å². The first-order valence-corrected chi connectivity index (χ1v) is 11.5. The standard InChI is InChI=1S/C30H28S/c1-21-5-14-27(15-6-21)23(3)19-25-10-12-26(13-11-25)20-29(30-18-9-24(4)31-30)28-16-7-22(2)8-17-28/h5-20H,1-4H3/b23-19-,29-20+. The van der Waals surface area contributed by atoms with Gasteiger partial charge in [0.1, 0.15) is 0 Å². The lowest BCUT2D eigenvalue weighted by molar-refractivity contribution is 1.45. The van der Waals surface area contributed by atoms with Gasteiger partial charge in [-0.3, -0.25) is 0 Å². The van der Waals surface area contributed by atoms with Gasteiger partial charge in [0.25, 0.3) is 0 Å². The first kappa shape index (κ1) is 21.1. The lowest BCUT2D eigenvalue weighted by Crippen LogP contribution is -1.86. The zero-order valence-corrected chi connectivity index (χ0v) is 19.5. The SMILES string of the molecule is C/C(=C/c1ccc(/C=C(\c2ccc(C)cc2)c2ccc(C)s2)cc1)c1ccc(C)cc1. The Balaban J connectivity index is 1.65. The van der Waals surface area contributed by atoms with Gasteiger partial charge in [0.05, 0.1) is 0 Å². The molecule has 0 saturated carbocycles. The fraction of sp³-hybridized carbons (Fsp3) is 0.133. The summed E-state index contributed by atoms with van der Waals surface area (Å²) in [6, 6.07) is 30.8. The number of hydrogen-bond donors (Lipinski definition) is 0. The molecule has 0 fully saturated rings. The number of hydrogen-bond acceptors (Lipinski definition) is 1. The van der Waals surface area contributed by atoms with Crippen LogP contribution in [0.25, 0.3) is 23.3 Å². The predicted octanol–water partition coefficient (Wildman–Crippen LogP) is 8.82. The Labute approximate surface area is 190 Å². The van der Waals surface area contributed by atoms with Crippen molar-refractivity contribution in [1.82, 2.24) is 0 Å². The summed E-state index contributed by atoms with van der Waals surface area (Å²) >= 11 is 1.85. The first-order valence-electron chi connectivity index (χ1n) is 10.7. The van der Waals surface area contributed by atoms with Gasteiger partial charge in [0, 0.05) is 9.75 Å². The summed E-state index contributed by atoms with van der Waals surface area (Å²) in [5.74, 6) is 0. The summed E-state index contributed by atoms with van der Waals surface area (Å²) in [4.78, 5) is 2.64. The molecule has 0 aliphatic rings. The molecule has 154 valence electrons. The van der Waals surface area contributed by atoms with E-state index in [2.05, 4.69) is 125 Å². The number of rotatable bonds is 5. The van der Waals surface area contributed by atoms with E-state index in [1.165, 1.54) is 54.3 Å². The maximum atomic E-state index is 2.30. The molecule has 4 aromatic rings. The van der Waals surface area contributed by atoms with E-state index in [-0.39, 0.29) is 0 Å². The average molecular weight is 421 g/mol. The normalized spacial score (nSPS) is 12.3. The third kappa shape index (κ3) is 5.31. The molecular weight excluding hydrogens is 392 g/mol. The van der Waals surface area contributed by atoms with Crippen LogP contribution >= 0.6 is 11.3 Å². The maximum absolute atomic E-state index is 2.30. The van der Waals surface area contributed by atoms with Crippen LogP contribution in [0.3, 0.4) is 0 Å². The highest BCUT2D eigenvalue weighted by molar-refractivity contribution is 7.13. The lowest BCUT2D eigenvalue weighted by Gasteiger charge is -2.08. The van der Waals surface area contributed by atoms with Crippen LogP contribution < -0.4 is 0 Å². The molecule has 0 atom stereocenters. The van der Waals surface area contributed by atoms with E-state index in [1.807, 2.05) is 11.3 Å². The largest absolute Gasteiger partial charge is 0.141 e. The minimum Gasteiger partial charge on any atom is -0.141 e. The van der Waals surface area contributed by atoms with Crippen LogP contribution in [0, 0.1) is 20.8 Å².